The van der Waals surface area contributed by atoms with Gasteiger partial charge in [0.2, 0.25) is 0 Å². The van der Waals surface area contributed by atoms with Crippen LogP contribution in [0.15, 0.2) is 48.8 Å². The molecule has 0 aliphatic carbocycles. The van der Waals surface area contributed by atoms with E-state index in [4.69, 9.17) is 5.11 Å². The summed E-state index contributed by atoms with van der Waals surface area (Å²) < 4.78 is 0. The number of carbonyl (C=O) groups excluding carboxylic acids is 1. The van der Waals surface area contributed by atoms with Gasteiger partial charge in [0.05, 0.1) is 5.56 Å². The zero-order valence-corrected chi connectivity index (χ0v) is 11.8. The van der Waals surface area contributed by atoms with Crippen LogP contribution in [0.2, 0.25) is 0 Å². The molecule has 0 atom stereocenters. The average molecular weight is 280 g/mol. The summed E-state index contributed by atoms with van der Waals surface area (Å²) in [7, 11) is 1.75. The van der Waals surface area contributed by atoms with Gasteiger partial charge in [-0.1, -0.05) is 24.0 Å². The van der Waals surface area contributed by atoms with Crippen LogP contribution in [0.25, 0.3) is 0 Å². The predicted octanol–water partition coefficient (Wildman–Crippen LogP) is 1.70. The molecule has 0 saturated carbocycles. The minimum atomic E-state index is -0.163. The molecule has 1 aromatic heterocycles. The van der Waals surface area contributed by atoms with E-state index in [0.29, 0.717) is 12.1 Å². The van der Waals surface area contributed by atoms with Crippen LogP contribution < -0.4 is 0 Å². The van der Waals surface area contributed by atoms with Crippen LogP contribution in [0, 0.1) is 11.8 Å². The van der Waals surface area contributed by atoms with Crippen LogP contribution in [-0.2, 0) is 6.54 Å². The highest BCUT2D eigenvalue weighted by molar-refractivity contribution is 5.93. The summed E-state index contributed by atoms with van der Waals surface area (Å²) in [6.07, 6.45) is 3.20. The van der Waals surface area contributed by atoms with Gasteiger partial charge in [-0.05, 0) is 29.8 Å². The average Bonchev–Trinajstić information content (AvgIpc) is 2.53. The zero-order valence-electron chi connectivity index (χ0n) is 11.8. The Morgan fingerprint density at radius 2 is 2.19 bits per heavy atom. The lowest BCUT2D eigenvalue weighted by atomic mass is 10.1. The maximum Gasteiger partial charge on any atom is 0.255 e. The molecule has 1 aromatic carbocycles. The van der Waals surface area contributed by atoms with Crippen LogP contribution in [0.3, 0.4) is 0 Å². The molecule has 0 bridgehead atoms. The Labute approximate surface area is 124 Å². The van der Waals surface area contributed by atoms with E-state index in [0.717, 1.165) is 11.1 Å². The first-order valence-electron chi connectivity index (χ1n) is 6.55. The summed E-state index contributed by atoms with van der Waals surface area (Å²) in [4.78, 5) is 17.8. The molecule has 106 valence electrons. The third-order valence-electron chi connectivity index (χ3n) is 2.91. The molecule has 0 unspecified atom stereocenters. The quantitative estimate of drug-likeness (QED) is 0.871. The molecule has 4 nitrogen and oxygen atoms in total. The third kappa shape index (κ3) is 4.16. The van der Waals surface area contributed by atoms with Gasteiger partial charge in [0, 0.05) is 31.5 Å². The molecule has 0 aliphatic rings. The van der Waals surface area contributed by atoms with Crippen molar-refractivity contribution >= 4 is 5.91 Å². The molecule has 2 rings (SSSR count). The van der Waals surface area contributed by atoms with Crippen molar-refractivity contribution in [1.29, 1.82) is 0 Å². The summed E-state index contributed by atoms with van der Waals surface area (Å²) in [6, 6.07) is 11.1. The molecular formula is C17H16N2O2. The van der Waals surface area contributed by atoms with Crippen molar-refractivity contribution in [2.45, 2.75) is 6.54 Å². The fourth-order valence-corrected chi connectivity index (χ4v) is 1.94. The van der Waals surface area contributed by atoms with Crippen molar-refractivity contribution in [3.8, 4) is 11.8 Å². The molecule has 1 N–H and O–H groups in total. The van der Waals surface area contributed by atoms with Gasteiger partial charge in [-0.25, -0.2) is 0 Å². The van der Waals surface area contributed by atoms with Gasteiger partial charge in [0.15, 0.2) is 0 Å². The Bertz CT molecular complexity index is 672. The molecule has 0 spiro atoms. The van der Waals surface area contributed by atoms with Crippen molar-refractivity contribution in [2.75, 3.05) is 13.7 Å². The first kappa shape index (κ1) is 14.8. The van der Waals surface area contributed by atoms with Crippen molar-refractivity contribution in [1.82, 2.24) is 9.88 Å². The topological polar surface area (TPSA) is 53.4 Å². The monoisotopic (exact) mass is 280 g/mol. The number of hydrogen-bond donors (Lipinski definition) is 1. The van der Waals surface area contributed by atoms with E-state index in [2.05, 4.69) is 16.8 Å². The second-order valence-electron chi connectivity index (χ2n) is 4.56. The third-order valence-corrected chi connectivity index (χ3v) is 2.91. The zero-order chi connectivity index (χ0) is 15.1. The van der Waals surface area contributed by atoms with E-state index < -0.39 is 0 Å². The lowest BCUT2D eigenvalue weighted by Gasteiger charge is -2.17. The van der Waals surface area contributed by atoms with Crippen LogP contribution in [0.5, 0.6) is 0 Å². The number of aliphatic hydroxyl groups excluding tert-OH is 1. The first-order valence-corrected chi connectivity index (χ1v) is 6.55. The van der Waals surface area contributed by atoms with Gasteiger partial charge in [0.25, 0.3) is 5.91 Å². The smallest absolute Gasteiger partial charge is 0.255 e. The Morgan fingerprint density at radius 3 is 2.90 bits per heavy atom. The molecule has 1 amide bonds. The fourth-order valence-electron chi connectivity index (χ4n) is 1.94. The molecule has 4 heteroatoms. The minimum absolute atomic E-state index is 0.0741. The lowest BCUT2D eigenvalue weighted by Crippen LogP contribution is -2.26. The predicted molar refractivity (Wildman–Crippen MR) is 80.4 cm³/mol. The molecule has 0 aliphatic heterocycles. The molecule has 0 saturated heterocycles. The summed E-state index contributed by atoms with van der Waals surface area (Å²) in [5.41, 5.74) is 2.37. The van der Waals surface area contributed by atoms with Gasteiger partial charge >= 0.3 is 0 Å². The Balaban J connectivity index is 2.09. The Morgan fingerprint density at radius 1 is 1.33 bits per heavy atom. The van der Waals surface area contributed by atoms with E-state index in [1.807, 2.05) is 24.3 Å². The number of rotatable bonds is 3. The van der Waals surface area contributed by atoms with Crippen LogP contribution >= 0.6 is 0 Å². The van der Waals surface area contributed by atoms with Gasteiger partial charge in [-0.3, -0.25) is 9.78 Å². The van der Waals surface area contributed by atoms with Crippen molar-refractivity contribution in [3.63, 3.8) is 0 Å². The van der Waals surface area contributed by atoms with Crippen LogP contribution in [-0.4, -0.2) is 34.6 Å². The number of pyridine rings is 1. The molecule has 0 radical (unpaired) electrons. The molecule has 1 heterocycles. The molecule has 2 aromatic rings. The molecule has 21 heavy (non-hydrogen) atoms. The number of amides is 1. The van der Waals surface area contributed by atoms with Gasteiger partial charge in [-0.15, -0.1) is 0 Å². The Kier molecular flexibility index (Phi) is 5.08. The van der Waals surface area contributed by atoms with Gasteiger partial charge in [-0.2, -0.15) is 0 Å². The van der Waals surface area contributed by atoms with E-state index >= 15 is 0 Å². The van der Waals surface area contributed by atoms with Crippen molar-refractivity contribution in [3.05, 3.63) is 65.5 Å². The maximum atomic E-state index is 12.2. The van der Waals surface area contributed by atoms with Crippen molar-refractivity contribution in [2.24, 2.45) is 0 Å². The SMILES string of the molecule is CN(Cc1cccc(C#CCO)c1)C(=O)c1cccnc1. The highest BCUT2D eigenvalue weighted by Gasteiger charge is 2.11. The number of hydrogen-bond acceptors (Lipinski definition) is 3. The van der Waals surface area contributed by atoms with E-state index in [1.54, 1.807) is 36.5 Å². The molecule has 0 fully saturated rings. The van der Waals surface area contributed by atoms with E-state index in [9.17, 15) is 4.79 Å². The van der Waals surface area contributed by atoms with Crippen LogP contribution in [0.4, 0.5) is 0 Å². The van der Waals surface area contributed by atoms with Crippen molar-refractivity contribution < 1.29 is 9.90 Å². The minimum Gasteiger partial charge on any atom is -0.384 e. The Hall–Kier alpha value is -2.64. The number of carbonyl (C=O) groups is 1. The second-order valence-corrected chi connectivity index (χ2v) is 4.56. The van der Waals surface area contributed by atoms with Gasteiger partial charge < -0.3 is 10.0 Å². The van der Waals surface area contributed by atoms with Gasteiger partial charge in [0.1, 0.15) is 6.61 Å². The largest absolute Gasteiger partial charge is 0.384 e. The highest BCUT2D eigenvalue weighted by Crippen LogP contribution is 2.09. The number of aliphatic hydroxyl groups is 1. The fraction of sp³-hybridized carbons (Fsp3) is 0.176. The first-order chi connectivity index (χ1) is 10.2. The maximum absolute atomic E-state index is 12.2. The number of nitrogens with zero attached hydrogens (tertiary/aromatic N) is 2. The second kappa shape index (κ2) is 7.22. The van der Waals surface area contributed by atoms with E-state index in [1.165, 1.54) is 0 Å². The number of aromatic nitrogens is 1. The van der Waals surface area contributed by atoms with E-state index in [-0.39, 0.29) is 12.5 Å². The highest BCUT2D eigenvalue weighted by atomic mass is 16.2. The normalized spacial score (nSPS) is 9.62. The summed E-state index contributed by atoms with van der Waals surface area (Å²) >= 11 is 0. The summed E-state index contributed by atoms with van der Waals surface area (Å²) in [5.74, 6) is 5.39. The standard InChI is InChI=1S/C17H16N2O2/c1-19(17(21)16-8-3-9-18-12-16)13-15-6-2-5-14(11-15)7-4-10-20/h2-3,5-6,8-9,11-12,20H,10,13H2,1H3. The molecular weight excluding hydrogens is 264 g/mol. The summed E-state index contributed by atoms with van der Waals surface area (Å²) in [5, 5.41) is 8.71. The lowest BCUT2D eigenvalue weighted by molar-refractivity contribution is 0.0784. The van der Waals surface area contributed by atoms with Crippen LogP contribution in [0.1, 0.15) is 21.5 Å². The number of benzene rings is 1. The summed E-state index contributed by atoms with van der Waals surface area (Å²) in [6.45, 7) is 0.325.